The fraction of sp³-hybridized carbons (Fsp3) is 0.0488. The van der Waals surface area contributed by atoms with Crippen molar-refractivity contribution in [2.45, 2.75) is 26.2 Å². The zero-order chi connectivity index (χ0) is 77.2. The van der Waals surface area contributed by atoms with Crippen LogP contribution in [0.1, 0.15) is 56.5 Å². The van der Waals surface area contributed by atoms with E-state index in [2.05, 4.69) is 0 Å². The van der Waals surface area contributed by atoms with Crippen LogP contribution in [0.15, 0.2) is 279 Å². The van der Waals surface area contributed by atoms with Crippen molar-refractivity contribution in [1.82, 2.24) is 9.13 Å². The molecular formula is C82H55BN4S. The van der Waals surface area contributed by atoms with E-state index in [-0.39, 0.29) is 117 Å². The molecule has 19 rings (SSSR count). The zero-order valence-corrected chi connectivity index (χ0v) is 47.9. The third-order valence-corrected chi connectivity index (χ3v) is 18.8. The summed E-state index contributed by atoms with van der Waals surface area (Å²) in [5.41, 5.74) is 2.65. The van der Waals surface area contributed by atoms with Crippen LogP contribution in [0.2, 0.25) is 0 Å². The molecule has 6 heteroatoms. The second-order valence-corrected chi connectivity index (χ2v) is 24.5. The van der Waals surface area contributed by atoms with Crippen LogP contribution >= 0.6 is 11.3 Å². The highest BCUT2D eigenvalue weighted by molar-refractivity contribution is 7.26. The topological polar surface area (TPSA) is 16.3 Å². The van der Waals surface area contributed by atoms with Gasteiger partial charge in [0.2, 0.25) is 0 Å². The molecule has 0 fully saturated rings. The summed E-state index contributed by atoms with van der Waals surface area (Å²) in [7, 11) is 0. The number of rotatable bonds is 4. The fourth-order valence-electron chi connectivity index (χ4n) is 13.9. The number of nitrogens with zero attached hydrogens (tertiary/aromatic N) is 4. The maximum Gasteiger partial charge on any atom is 0.252 e. The van der Waals surface area contributed by atoms with E-state index in [1.807, 2.05) is 158 Å². The van der Waals surface area contributed by atoms with Gasteiger partial charge in [0.05, 0.1) is 79.7 Å². The molecule has 0 atom stereocenters. The van der Waals surface area contributed by atoms with Crippen LogP contribution in [0, 0.1) is 0 Å². The van der Waals surface area contributed by atoms with Crippen LogP contribution in [0.3, 0.4) is 0 Å². The Balaban J connectivity index is 1.10. The van der Waals surface area contributed by atoms with Crippen molar-refractivity contribution in [2.75, 3.05) is 9.80 Å². The Bertz CT molecular complexity index is 6870. The molecule has 13 aromatic carbocycles. The summed E-state index contributed by atoms with van der Waals surface area (Å²) < 4.78 is 222. The maximum atomic E-state index is 11.5. The van der Waals surface area contributed by atoms with E-state index >= 15 is 0 Å². The van der Waals surface area contributed by atoms with Crippen LogP contribution < -0.4 is 26.2 Å². The molecule has 0 N–H and O–H groups in total. The SMILES string of the molecule is [2H]c1c(-n2c3c([2H])c([2H])c([2H])c([2H])c3c3c([2H])c([2H])c([2H])c([2H])c32)cc2c(c1[2H])B1c3c(c([2H])c(C(C)(C)C)c([2H])c3N2c2cccc3c2sc2ccccc23)N2c3c(-c4ccccc4)cccc3-c3ccccc3-c3cccc(c3)-c3c2c1c([2H])c([2H])c3-n1c2c([2H])c([2H])c([2H])c([2H])c2c2c([2H])c([2H])c([2H])c([2H])c21. The minimum atomic E-state index is -1.61. The third kappa shape index (κ3) is 6.92. The lowest BCUT2D eigenvalue weighted by atomic mass is 9.33. The van der Waals surface area contributed by atoms with Gasteiger partial charge in [0.15, 0.2) is 0 Å². The molecule has 3 aromatic heterocycles. The second kappa shape index (κ2) is 18.4. The van der Waals surface area contributed by atoms with E-state index in [1.165, 1.54) is 26.5 Å². The summed E-state index contributed by atoms with van der Waals surface area (Å²) in [5, 5.41) is 0.491. The molecule has 88 heavy (non-hydrogen) atoms. The molecule has 412 valence electrons. The lowest BCUT2D eigenvalue weighted by molar-refractivity contribution is 0.590. The van der Waals surface area contributed by atoms with Crippen LogP contribution in [0.5, 0.6) is 0 Å². The fourth-order valence-corrected chi connectivity index (χ4v) is 15.1. The third-order valence-electron chi connectivity index (χ3n) is 17.6. The molecule has 0 spiro atoms. The largest absolute Gasteiger partial charge is 0.310 e. The lowest BCUT2D eigenvalue weighted by Crippen LogP contribution is -2.61. The highest BCUT2D eigenvalue weighted by atomic mass is 32.1. The Morgan fingerprint density at radius 3 is 1.66 bits per heavy atom. The Morgan fingerprint density at radius 2 is 0.943 bits per heavy atom. The Kier molecular flexibility index (Phi) is 6.86. The first-order valence-electron chi connectivity index (χ1n) is 39.9. The van der Waals surface area contributed by atoms with Crippen molar-refractivity contribution in [1.29, 1.82) is 0 Å². The van der Waals surface area contributed by atoms with Crippen molar-refractivity contribution in [2.24, 2.45) is 0 Å². The van der Waals surface area contributed by atoms with Crippen molar-refractivity contribution in [3.63, 3.8) is 0 Å². The van der Waals surface area contributed by atoms with Gasteiger partial charge in [0.25, 0.3) is 6.71 Å². The Labute approximate surface area is 545 Å². The molecule has 0 unspecified atom stereocenters. The first kappa shape index (κ1) is 32.7. The molecule has 3 aliphatic heterocycles. The predicted molar refractivity (Wildman–Crippen MR) is 376 cm³/mol. The van der Waals surface area contributed by atoms with Gasteiger partial charge >= 0.3 is 0 Å². The van der Waals surface area contributed by atoms with E-state index in [1.54, 1.807) is 12.1 Å². The summed E-state index contributed by atoms with van der Waals surface area (Å²) >= 11 is 1.44. The Hall–Kier alpha value is -10.7. The van der Waals surface area contributed by atoms with E-state index < -0.39 is 133 Å². The first-order chi connectivity index (χ1) is 52.5. The van der Waals surface area contributed by atoms with E-state index in [0.717, 1.165) is 21.0 Å². The molecule has 16 aromatic rings. The highest BCUT2D eigenvalue weighted by Crippen LogP contribution is 2.57. The highest BCUT2D eigenvalue weighted by Gasteiger charge is 2.47. The van der Waals surface area contributed by atoms with Gasteiger partial charge in [-0.1, -0.05) is 227 Å². The minimum absolute atomic E-state index is 0.0344. The van der Waals surface area contributed by atoms with Crippen LogP contribution in [0.4, 0.5) is 34.1 Å². The quantitative estimate of drug-likeness (QED) is 0.163. The number of thiophene rings is 1. The van der Waals surface area contributed by atoms with E-state index in [4.69, 9.17) is 5.48 Å². The monoisotopic (exact) mass is 1160 g/mol. The molecule has 0 saturated heterocycles. The summed E-state index contributed by atoms with van der Waals surface area (Å²) in [5.74, 6) is 0. The number of anilines is 6. The number of aromatic nitrogens is 2. The summed E-state index contributed by atoms with van der Waals surface area (Å²) in [6.45, 7) is 4.04. The van der Waals surface area contributed by atoms with Gasteiger partial charge in [-0.15, -0.1) is 11.3 Å². The normalized spacial score (nSPS) is 16.6. The van der Waals surface area contributed by atoms with Gasteiger partial charge in [-0.25, -0.2) is 0 Å². The van der Waals surface area contributed by atoms with Crippen molar-refractivity contribution >= 4 is 132 Å². The van der Waals surface area contributed by atoms with E-state index in [9.17, 15) is 24.7 Å². The van der Waals surface area contributed by atoms with Gasteiger partial charge in [0, 0.05) is 76.5 Å². The molecule has 0 saturated carbocycles. The van der Waals surface area contributed by atoms with E-state index in [0.29, 0.717) is 49.5 Å². The average Bonchev–Trinajstić information content (AvgIpc) is 0.819. The molecule has 0 radical (unpaired) electrons. The maximum absolute atomic E-state index is 11.5. The predicted octanol–water partition coefficient (Wildman–Crippen LogP) is 20.6. The van der Waals surface area contributed by atoms with Gasteiger partial charge in [-0.3, -0.25) is 0 Å². The summed E-state index contributed by atoms with van der Waals surface area (Å²) in [4.78, 5) is 3.71. The van der Waals surface area contributed by atoms with Crippen molar-refractivity contribution < 1.29 is 30.2 Å². The lowest BCUT2D eigenvalue weighted by Gasteiger charge is -2.47. The van der Waals surface area contributed by atoms with Crippen molar-refractivity contribution in [3.8, 4) is 55.9 Å². The van der Waals surface area contributed by atoms with Gasteiger partial charge in [-0.2, -0.15) is 0 Å². The van der Waals surface area contributed by atoms with Gasteiger partial charge in [0.1, 0.15) is 0 Å². The molecule has 0 aliphatic carbocycles. The first-order valence-corrected chi connectivity index (χ1v) is 29.7. The molecule has 3 aliphatic rings. The molecule has 2 bridgehead atoms. The van der Waals surface area contributed by atoms with Crippen molar-refractivity contribution in [3.05, 3.63) is 284 Å². The zero-order valence-electron chi connectivity index (χ0n) is 69.1. The molecule has 4 nitrogen and oxygen atoms in total. The van der Waals surface area contributed by atoms with Crippen LogP contribution in [0.25, 0.3) is 120 Å². The number of benzene rings is 13. The molecule has 6 heterocycles. The standard InChI is InChI=1S/C82H55BN4S/c1-82(2,3)53-47-74-78-75(48-53)87-79-56(50-22-5-4-6-23-50)33-20-34-63(79)57-27-8-7-26-55(57)51-24-19-25-52(46-51)77-71(85-69-38-16-11-30-60(69)61-31-12-17-39-70(61)85)45-44-66(80(77)87)83(78)65-43-42-54(84-67-36-14-9-28-58(67)59-29-10-15-37-68(59)84)49-73(65)86(74)72-40-21-35-64-62-32-13-18-41-76(62)88-81(64)72/h4-49H,1-3H3/i9D,10D,11D,12D,14D,15D,16D,17D,28D,29D,30D,31D,36D,37D,38D,39D,42D,43D,44D,45D,47D,48D. The number of hydrogen-bond acceptors (Lipinski definition) is 3. The smallest absolute Gasteiger partial charge is 0.252 e. The van der Waals surface area contributed by atoms with Gasteiger partial charge < -0.3 is 18.9 Å². The Morgan fingerprint density at radius 1 is 0.386 bits per heavy atom. The number of hydrogen-bond donors (Lipinski definition) is 0. The van der Waals surface area contributed by atoms with Crippen LogP contribution in [-0.4, -0.2) is 15.8 Å². The average molecular weight is 1160 g/mol. The summed E-state index contributed by atoms with van der Waals surface area (Å²) in [6.07, 6.45) is 0. The van der Waals surface area contributed by atoms with Gasteiger partial charge in [-0.05, 0) is 128 Å². The number of fused-ring (bicyclic) bond motifs is 21. The molecular weight excluding hydrogens is 1080 g/mol. The van der Waals surface area contributed by atoms with Crippen LogP contribution in [-0.2, 0) is 5.41 Å². The second-order valence-electron chi connectivity index (χ2n) is 23.4. The minimum Gasteiger partial charge on any atom is -0.310 e. The molecule has 0 amide bonds. The number of para-hydroxylation sites is 5. The summed E-state index contributed by atoms with van der Waals surface area (Å²) in [6, 6.07) is 31.6.